The van der Waals surface area contributed by atoms with E-state index in [1.807, 2.05) is 0 Å². The summed E-state index contributed by atoms with van der Waals surface area (Å²) < 4.78 is 4.99. The van der Waals surface area contributed by atoms with E-state index in [9.17, 15) is 0 Å². The minimum absolute atomic E-state index is 0.0458. The lowest BCUT2D eigenvalue weighted by Crippen LogP contribution is -2.25. The molecule has 0 atom stereocenters. The minimum Gasteiger partial charge on any atom is -0.409 e. The van der Waals surface area contributed by atoms with Crippen LogP contribution < -0.4 is 11.1 Å². The van der Waals surface area contributed by atoms with Crippen molar-refractivity contribution in [2.24, 2.45) is 10.9 Å². The fourth-order valence-corrected chi connectivity index (χ4v) is 0.702. The molecule has 0 aromatic rings. The summed E-state index contributed by atoms with van der Waals surface area (Å²) in [5.41, 5.74) is 5.23. The van der Waals surface area contributed by atoms with E-state index in [4.69, 9.17) is 20.8 Å². The average Bonchev–Trinajstić information content (AvgIpc) is 2.16. The number of amidine groups is 1. The first kappa shape index (κ1) is 12.2. The highest BCUT2D eigenvalue weighted by Crippen LogP contribution is 1.77. The maximum atomic E-state index is 8.37. The number of aliphatic hydroxyl groups excluding tert-OH is 1. The highest BCUT2D eigenvalue weighted by atomic mass is 16.5. The van der Waals surface area contributed by atoms with Gasteiger partial charge < -0.3 is 26.1 Å². The van der Waals surface area contributed by atoms with Crippen molar-refractivity contribution in [2.75, 3.05) is 32.9 Å². The summed E-state index contributed by atoms with van der Waals surface area (Å²) in [5, 5.41) is 22.4. The molecule has 0 aliphatic carbocycles. The summed E-state index contributed by atoms with van der Waals surface area (Å²) in [6.07, 6.45) is 0.510. The monoisotopic (exact) mass is 191 g/mol. The summed E-state index contributed by atoms with van der Waals surface area (Å²) in [6.45, 7) is 2.31. The molecule has 5 N–H and O–H groups in total. The van der Waals surface area contributed by atoms with E-state index >= 15 is 0 Å². The van der Waals surface area contributed by atoms with Gasteiger partial charge in [-0.1, -0.05) is 5.16 Å². The van der Waals surface area contributed by atoms with Crippen LogP contribution in [0, 0.1) is 0 Å². The number of aliphatic hydroxyl groups is 1. The normalized spacial score (nSPS) is 11.9. The Hall–Kier alpha value is -0.850. The molecular weight excluding hydrogens is 174 g/mol. The first-order valence-electron chi connectivity index (χ1n) is 4.17. The number of nitrogens with zero attached hydrogens (tertiary/aromatic N) is 1. The zero-order valence-electron chi connectivity index (χ0n) is 7.57. The molecule has 0 aliphatic heterocycles. The highest BCUT2D eigenvalue weighted by Gasteiger charge is 1.92. The van der Waals surface area contributed by atoms with Crippen molar-refractivity contribution >= 4 is 5.84 Å². The maximum Gasteiger partial charge on any atom is 0.140 e. The highest BCUT2D eigenvalue weighted by molar-refractivity contribution is 5.79. The van der Waals surface area contributed by atoms with Crippen LogP contribution in [0.25, 0.3) is 0 Å². The van der Waals surface area contributed by atoms with Gasteiger partial charge >= 0.3 is 0 Å². The Bertz CT molecular complexity index is 141. The molecule has 0 aromatic heterocycles. The van der Waals surface area contributed by atoms with Crippen molar-refractivity contribution in [1.29, 1.82) is 0 Å². The number of hydrogen-bond donors (Lipinski definition) is 4. The summed E-state index contributed by atoms with van der Waals surface area (Å²) >= 11 is 0. The zero-order chi connectivity index (χ0) is 9.94. The lowest BCUT2D eigenvalue weighted by molar-refractivity contribution is 0.0941. The van der Waals surface area contributed by atoms with Crippen LogP contribution in [0.4, 0.5) is 0 Å². The van der Waals surface area contributed by atoms with E-state index in [2.05, 4.69) is 10.5 Å². The van der Waals surface area contributed by atoms with E-state index < -0.39 is 0 Å². The Morgan fingerprint density at radius 2 is 2.15 bits per heavy atom. The van der Waals surface area contributed by atoms with Crippen LogP contribution in [-0.4, -0.2) is 49.1 Å². The third-order valence-corrected chi connectivity index (χ3v) is 1.35. The van der Waals surface area contributed by atoms with Crippen molar-refractivity contribution < 1.29 is 15.1 Å². The molecule has 0 fully saturated rings. The molecule has 0 amide bonds. The number of nitrogens with one attached hydrogen (secondary N) is 1. The third-order valence-electron chi connectivity index (χ3n) is 1.35. The summed E-state index contributed by atoms with van der Waals surface area (Å²) in [6, 6.07) is 0. The minimum atomic E-state index is 0.0458. The van der Waals surface area contributed by atoms with Crippen molar-refractivity contribution in [3.63, 3.8) is 0 Å². The molecule has 0 spiro atoms. The summed E-state index contributed by atoms with van der Waals surface area (Å²) in [7, 11) is 0. The molecule has 13 heavy (non-hydrogen) atoms. The second-order valence-electron chi connectivity index (χ2n) is 2.43. The van der Waals surface area contributed by atoms with Crippen LogP contribution in [0.15, 0.2) is 5.16 Å². The van der Waals surface area contributed by atoms with Crippen LogP contribution in [0.3, 0.4) is 0 Å². The van der Waals surface area contributed by atoms with E-state index in [-0.39, 0.29) is 12.4 Å². The summed E-state index contributed by atoms with van der Waals surface area (Å²) in [5.74, 6) is 0.212. The van der Waals surface area contributed by atoms with Gasteiger partial charge in [-0.15, -0.1) is 0 Å². The second kappa shape index (κ2) is 9.24. The maximum absolute atomic E-state index is 8.37. The number of oxime groups is 1. The Balaban J connectivity index is 3.00. The van der Waals surface area contributed by atoms with Gasteiger partial charge in [0.1, 0.15) is 5.84 Å². The standard InChI is InChI=1S/C7H17N3O3/c8-7(10-12)1-2-9-3-5-13-6-4-11/h9,11-12H,1-6H2,(H2,8,10). The van der Waals surface area contributed by atoms with E-state index in [1.165, 1.54) is 0 Å². The van der Waals surface area contributed by atoms with Crippen molar-refractivity contribution in [1.82, 2.24) is 5.32 Å². The zero-order valence-corrected chi connectivity index (χ0v) is 7.57. The molecule has 6 heteroatoms. The van der Waals surface area contributed by atoms with Gasteiger partial charge in [0.25, 0.3) is 0 Å². The summed E-state index contributed by atoms with van der Waals surface area (Å²) in [4.78, 5) is 0. The Morgan fingerprint density at radius 1 is 1.38 bits per heavy atom. The van der Waals surface area contributed by atoms with Gasteiger partial charge in [-0.2, -0.15) is 0 Å². The topological polar surface area (TPSA) is 100 Å². The first-order valence-corrected chi connectivity index (χ1v) is 4.17. The van der Waals surface area contributed by atoms with E-state index in [0.29, 0.717) is 32.7 Å². The van der Waals surface area contributed by atoms with Gasteiger partial charge in [0.2, 0.25) is 0 Å². The molecule has 0 unspecified atom stereocenters. The molecule has 6 nitrogen and oxygen atoms in total. The van der Waals surface area contributed by atoms with Gasteiger partial charge in [0.15, 0.2) is 0 Å². The van der Waals surface area contributed by atoms with Crippen LogP contribution >= 0.6 is 0 Å². The fourth-order valence-electron chi connectivity index (χ4n) is 0.702. The Morgan fingerprint density at radius 3 is 2.77 bits per heavy atom. The molecule has 0 aromatic carbocycles. The number of ether oxygens (including phenoxy) is 1. The van der Waals surface area contributed by atoms with E-state index in [1.54, 1.807) is 0 Å². The van der Waals surface area contributed by atoms with Crippen LogP contribution in [0.2, 0.25) is 0 Å². The molecule has 0 aliphatic rings. The van der Waals surface area contributed by atoms with Gasteiger partial charge in [-0.05, 0) is 0 Å². The van der Waals surface area contributed by atoms with Gasteiger partial charge in [0, 0.05) is 19.5 Å². The third kappa shape index (κ3) is 9.06. The fraction of sp³-hybridized carbons (Fsp3) is 0.857. The van der Waals surface area contributed by atoms with Crippen molar-refractivity contribution in [3.8, 4) is 0 Å². The largest absolute Gasteiger partial charge is 0.409 e. The molecule has 0 radical (unpaired) electrons. The van der Waals surface area contributed by atoms with Crippen molar-refractivity contribution in [3.05, 3.63) is 0 Å². The Kier molecular flexibility index (Phi) is 8.64. The van der Waals surface area contributed by atoms with Crippen LogP contribution in [0.5, 0.6) is 0 Å². The van der Waals surface area contributed by atoms with Gasteiger partial charge in [-0.3, -0.25) is 0 Å². The lowest BCUT2D eigenvalue weighted by atomic mass is 10.4. The number of hydrogen-bond acceptors (Lipinski definition) is 5. The van der Waals surface area contributed by atoms with Crippen LogP contribution in [0.1, 0.15) is 6.42 Å². The first-order chi connectivity index (χ1) is 6.31. The molecule has 78 valence electrons. The lowest BCUT2D eigenvalue weighted by Gasteiger charge is -2.04. The molecule has 0 rings (SSSR count). The molecule has 0 heterocycles. The predicted molar refractivity (Wildman–Crippen MR) is 48.8 cm³/mol. The molecule has 0 saturated heterocycles. The predicted octanol–water partition coefficient (Wildman–Crippen LogP) is -1.28. The number of nitrogens with two attached hydrogens (primary N) is 1. The molecule has 0 bridgehead atoms. The van der Waals surface area contributed by atoms with Gasteiger partial charge in [0.05, 0.1) is 19.8 Å². The second-order valence-corrected chi connectivity index (χ2v) is 2.43. The van der Waals surface area contributed by atoms with Gasteiger partial charge in [-0.25, -0.2) is 0 Å². The molecular formula is C7H17N3O3. The SMILES string of the molecule is NC(CCNCCOCCO)=NO. The quantitative estimate of drug-likeness (QED) is 0.126. The average molecular weight is 191 g/mol. The smallest absolute Gasteiger partial charge is 0.140 e. The van der Waals surface area contributed by atoms with Crippen LogP contribution in [-0.2, 0) is 4.74 Å². The van der Waals surface area contributed by atoms with Crippen molar-refractivity contribution in [2.45, 2.75) is 6.42 Å². The Labute approximate surface area is 77.4 Å². The van der Waals surface area contributed by atoms with E-state index in [0.717, 1.165) is 0 Å². The number of rotatable bonds is 8. The molecule has 0 saturated carbocycles.